The van der Waals surface area contributed by atoms with Crippen LogP contribution in [0.2, 0.25) is 0 Å². The molecule has 26 heavy (non-hydrogen) atoms. The Morgan fingerprint density at radius 2 is 2.12 bits per heavy atom. The molecule has 2 heterocycles. The van der Waals surface area contributed by atoms with Gasteiger partial charge in [0.1, 0.15) is 19.0 Å². The second-order valence-electron chi connectivity index (χ2n) is 5.40. The van der Waals surface area contributed by atoms with Crippen LogP contribution in [0.1, 0.15) is 21.7 Å². The second kappa shape index (κ2) is 7.44. The molecule has 134 valence electrons. The molecule has 1 amide bonds. The van der Waals surface area contributed by atoms with Crippen LogP contribution in [0.3, 0.4) is 0 Å². The highest BCUT2D eigenvalue weighted by molar-refractivity contribution is 7.15. The van der Waals surface area contributed by atoms with Crippen LogP contribution in [0, 0.1) is 12.7 Å². The molecule has 0 atom stereocenters. The van der Waals surface area contributed by atoms with Gasteiger partial charge in [-0.15, -0.1) is 11.3 Å². The summed E-state index contributed by atoms with van der Waals surface area (Å²) in [5.74, 6) is -2.12. The molecule has 0 unspecified atom stereocenters. The fourth-order valence-corrected chi connectivity index (χ4v) is 3.16. The maximum Gasteiger partial charge on any atom is 0.325 e. The molecule has 0 aliphatic rings. The number of amides is 1. The normalized spacial score (nSPS) is 10.7. The van der Waals surface area contributed by atoms with Gasteiger partial charge in [-0.2, -0.15) is 0 Å². The number of thiazole rings is 1. The first kappa shape index (κ1) is 17.7. The number of nitrogens with one attached hydrogen (secondary N) is 1. The zero-order chi connectivity index (χ0) is 18.7. The van der Waals surface area contributed by atoms with E-state index in [0.717, 1.165) is 11.8 Å². The van der Waals surface area contributed by atoms with Gasteiger partial charge in [-0.1, -0.05) is 12.1 Å². The smallest absolute Gasteiger partial charge is 0.325 e. The molecule has 1 N–H and O–H groups in total. The number of carbonyl (C=O) groups is 2. The first-order chi connectivity index (χ1) is 12.5. The molecule has 2 aromatic heterocycles. The number of benzene rings is 1. The average molecular weight is 375 g/mol. The summed E-state index contributed by atoms with van der Waals surface area (Å²) in [5.41, 5.74) is 0.675. The summed E-state index contributed by atoms with van der Waals surface area (Å²) in [6.07, 6.45) is 0. The first-order valence-corrected chi connectivity index (χ1v) is 8.49. The zero-order valence-corrected chi connectivity index (χ0v) is 14.5. The van der Waals surface area contributed by atoms with E-state index in [-0.39, 0.29) is 17.7 Å². The molecule has 0 bridgehead atoms. The number of halogens is 1. The van der Waals surface area contributed by atoms with Crippen molar-refractivity contribution in [3.63, 3.8) is 0 Å². The number of fused-ring (bicyclic) bond motifs is 1. The number of rotatable bonds is 5. The highest BCUT2D eigenvalue weighted by Crippen LogP contribution is 2.12. The molecule has 0 saturated carbocycles. The summed E-state index contributed by atoms with van der Waals surface area (Å²) >= 11 is 1.31. The van der Waals surface area contributed by atoms with Gasteiger partial charge >= 0.3 is 5.97 Å². The van der Waals surface area contributed by atoms with Crippen molar-refractivity contribution in [2.45, 2.75) is 13.5 Å². The molecule has 1 aromatic carbocycles. The fourth-order valence-electron chi connectivity index (χ4n) is 2.27. The lowest BCUT2D eigenvalue weighted by atomic mass is 10.2. The van der Waals surface area contributed by atoms with Crippen molar-refractivity contribution < 1.29 is 18.7 Å². The van der Waals surface area contributed by atoms with Crippen molar-refractivity contribution in [2.75, 3.05) is 6.54 Å². The van der Waals surface area contributed by atoms with Crippen LogP contribution in [-0.2, 0) is 16.1 Å². The maximum absolute atomic E-state index is 13.5. The van der Waals surface area contributed by atoms with Crippen molar-refractivity contribution in [3.05, 3.63) is 68.8 Å². The van der Waals surface area contributed by atoms with Crippen molar-refractivity contribution in [1.29, 1.82) is 0 Å². The average Bonchev–Trinajstić information content (AvgIpc) is 2.99. The molecule has 0 saturated heterocycles. The summed E-state index contributed by atoms with van der Waals surface area (Å²) in [6, 6.07) is 6.73. The van der Waals surface area contributed by atoms with Crippen LogP contribution in [-0.4, -0.2) is 27.8 Å². The van der Waals surface area contributed by atoms with Gasteiger partial charge in [-0.3, -0.25) is 18.8 Å². The van der Waals surface area contributed by atoms with Crippen molar-refractivity contribution in [1.82, 2.24) is 14.7 Å². The Morgan fingerprint density at radius 3 is 2.88 bits per heavy atom. The summed E-state index contributed by atoms with van der Waals surface area (Å²) in [5, 5.41) is 4.09. The van der Waals surface area contributed by atoms with Crippen LogP contribution < -0.4 is 10.9 Å². The Hall–Kier alpha value is -3.07. The topological polar surface area (TPSA) is 89.8 Å². The largest absolute Gasteiger partial charge is 0.458 e. The molecule has 0 radical (unpaired) electrons. The number of carbonyl (C=O) groups excluding carboxylic acids is 2. The molecule has 3 aromatic rings. The van der Waals surface area contributed by atoms with E-state index in [4.69, 9.17) is 4.74 Å². The number of aromatic nitrogens is 2. The number of aryl methyl sites for hydroxylation is 1. The maximum atomic E-state index is 13.5. The SMILES string of the molecule is Cc1csc2nc(COC(=O)CNC(=O)c3ccccc3F)cc(=O)n12. The molecule has 7 nitrogen and oxygen atoms in total. The lowest BCUT2D eigenvalue weighted by molar-refractivity contribution is -0.143. The predicted molar refractivity (Wildman–Crippen MR) is 92.6 cm³/mol. The van der Waals surface area contributed by atoms with Crippen LogP contribution in [0.25, 0.3) is 4.96 Å². The lowest BCUT2D eigenvalue weighted by Gasteiger charge is -2.07. The van der Waals surface area contributed by atoms with E-state index in [2.05, 4.69) is 10.3 Å². The van der Waals surface area contributed by atoms with E-state index < -0.39 is 24.2 Å². The van der Waals surface area contributed by atoms with E-state index in [9.17, 15) is 18.8 Å². The van der Waals surface area contributed by atoms with E-state index in [1.54, 1.807) is 12.3 Å². The van der Waals surface area contributed by atoms with Gasteiger partial charge < -0.3 is 10.1 Å². The third kappa shape index (κ3) is 3.77. The fraction of sp³-hybridized carbons (Fsp3) is 0.176. The number of hydrogen-bond donors (Lipinski definition) is 1. The second-order valence-corrected chi connectivity index (χ2v) is 6.24. The molecular weight excluding hydrogens is 361 g/mol. The quantitative estimate of drug-likeness (QED) is 0.686. The van der Waals surface area contributed by atoms with Gasteiger partial charge in [0, 0.05) is 17.1 Å². The monoisotopic (exact) mass is 375 g/mol. The Kier molecular flexibility index (Phi) is 5.08. The Morgan fingerprint density at radius 1 is 1.35 bits per heavy atom. The predicted octanol–water partition coefficient (Wildman–Crippen LogP) is 1.68. The van der Waals surface area contributed by atoms with Crippen LogP contribution in [0.5, 0.6) is 0 Å². The zero-order valence-electron chi connectivity index (χ0n) is 13.7. The number of hydrogen-bond acceptors (Lipinski definition) is 6. The Balaban J connectivity index is 1.57. The van der Waals surface area contributed by atoms with Crippen LogP contribution in [0.4, 0.5) is 4.39 Å². The molecule has 0 fully saturated rings. The van der Waals surface area contributed by atoms with Gasteiger partial charge in [-0.25, -0.2) is 9.37 Å². The van der Waals surface area contributed by atoms with Gasteiger partial charge in [-0.05, 0) is 19.1 Å². The molecular formula is C17H14FN3O4S. The molecule has 9 heteroatoms. The summed E-state index contributed by atoms with van der Waals surface area (Å²) in [6.45, 7) is 1.17. The van der Waals surface area contributed by atoms with Crippen molar-refractivity contribution in [3.8, 4) is 0 Å². The van der Waals surface area contributed by atoms with Crippen molar-refractivity contribution >= 4 is 28.2 Å². The summed E-state index contributed by atoms with van der Waals surface area (Å²) in [7, 11) is 0. The Bertz CT molecular complexity index is 1040. The minimum Gasteiger partial charge on any atom is -0.458 e. The molecule has 0 aliphatic heterocycles. The highest BCUT2D eigenvalue weighted by atomic mass is 32.1. The molecule has 3 rings (SSSR count). The van der Waals surface area contributed by atoms with Gasteiger partial charge in [0.2, 0.25) is 0 Å². The van der Waals surface area contributed by atoms with Crippen LogP contribution in [0.15, 0.2) is 40.5 Å². The van der Waals surface area contributed by atoms with E-state index >= 15 is 0 Å². The van der Waals surface area contributed by atoms with Gasteiger partial charge in [0.05, 0.1) is 11.3 Å². The number of ether oxygens (including phenoxy) is 1. The standard InChI is InChI=1S/C17H14FN3O4S/c1-10-9-26-17-20-11(6-14(22)21(10)17)8-25-15(23)7-19-16(24)12-4-2-3-5-13(12)18/h2-6,9H,7-8H2,1H3,(H,19,24). The van der Waals surface area contributed by atoms with E-state index in [0.29, 0.717) is 10.7 Å². The third-order valence-corrected chi connectivity index (χ3v) is 4.47. The molecule has 0 aliphatic carbocycles. The summed E-state index contributed by atoms with van der Waals surface area (Å²) < 4.78 is 20.0. The Labute approximate surface area is 151 Å². The minimum atomic E-state index is -0.723. The van der Waals surface area contributed by atoms with Crippen LogP contribution >= 0.6 is 11.3 Å². The number of esters is 1. The van der Waals surface area contributed by atoms with E-state index in [1.165, 1.54) is 40.0 Å². The summed E-state index contributed by atoms with van der Waals surface area (Å²) in [4.78, 5) is 40.4. The number of nitrogens with zero attached hydrogens (tertiary/aromatic N) is 2. The first-order valence-electron chi connectivity index (χ1n) is 7.61. The van der Waals surface area contributed by atoms with Gasteiger partial charge in [0.25, 0.3) is 11.5 Å². The highest BCUT2D eigenvalue weighted by Gasteiger charge is 2.13. The minimum absolute atomic E-state index is 0.159. The van der Waals surface area contributed by atoms with E-state index in [1.807, 2.05) is 0 Å². The lowest BCUT2D eigenvalue weighted by Crippen LogP contribution is -2.31. The third-order valence-electron chi connectivity index (χ3n) is 3.52. The van der Waals surface area contributed by atoms with Gasteiger partial charge in [0.15, 0.2) is 4.96 Å². The molecule has 0 spiro atoms. The van der Waals surface area contributed by atoms with Crippen molar-refractivity contribution in [2.24, 2.45) is 0 Å².